The predicted molar refractivity (Wildman–Crippen MR) is 120 cm³/mol. The van der Waals surface area contributed by atoms with E-state index in [0.717, 1.165) is 34.6 Å². The number of hydrogen-bond donors (Lipinski definition) is 1. The maximum absolute atomic E-state index is 13.6. The van der Waals surface area contributed by atoms with Crippen LogP contribution in [0.2, 0.25) is 0 Å². The summed E-state index contributed by atoms with van der Waals surface area (Å²) in [5.41, 5.74) is -0.368. The van der Waals surface area contributed by atoms with Crippen LogP contribution < -0.4 is 14.4 Å². The topological polar surface area (TPSA) is 102 Å². The van der Waals surface area contributed by atoms with Crippen LogP contribution in [-0.2, 0) is 24.3 Å². The molecule has 0 radical (unpaired) electrons. The van der Waals surface area contributed by atoms with Crippen molar-refractivity contribution in [3.05, 3.63) is 83.9 Å². The van der Waals surface area contributed by atoms with Crippen LogP contribution in [0.4, 0.5) is 28.9 Å². The van der Waals surface area contributed by atoms with Gasteiger partial charge in [-0.2, -0.15) is 0 Å². The lowest BCUT2D eigenvalue weighted by Crippen LogP contribution is -2.26. The minimum Gasteiger partial charge on any atom is -0.482 e. The number of rotatable bonds is 9. The average Bonchev–Trinajstić information content (AvgIpc) is 2.86. The van der Waals surface area contributed by atoms with Crippen LogP contribution in [0.1, 0.15) is 0 Å². The van der Waals surface area contributed by atoms with Crippen molar-refractivity contribution < 1.29 is 45.0 Å². The van der Waals surface area contributed by atoms with E-state index in [9.17, 15) is 35.6 Å². The Morgan fingerprint density at radius 2 is 1.50 bits per heavy atom. The molecule has 0 aromatic heterocycles. The molecule has 190 valence electrons. The lowest BCUT2D eigenvalue weighted by atomic mass is 10.3. The Morgan fingerprint density at radius 1 is 0.861 bits per heavy atom. The molecule has 0 saturated heterocycles. The summed E-state index contributed by atoms with van der Waals surface area (Å²) >= 11 is 0. The number of sulfonamides is 1. The molecule has 0 aliphatic carbocycles. The van der Waals surface area contributed by atoms with Crippen molar-refractivity contribution in [3.63, 3.8) is 0 Å². The number of carbonyl (C=O) groups excluding carboxylic acids is 2. The first-order chi connectivity index (χ1) is 17.0. The van der Waals surface area contributed by atoms with Gasteiger partial charge in [-0.25, -0.2) is 30.8 Å². The molecular weight excluding hydrogens is 508 g/mol. The van der Waals surface area contributed by atoms with Crippen LogP contribution in [0.5, 0.6) is 5.75 Å². The first-order valence-electron chi connectivity index (χ1n) is 10.1. The Bertz CT molecular complexity index is 1370. The molecule has 1 amide bonds. The fraction of sp³-hybridized carbons (Fsp3) is 0.130. The van der Waals surface area contributed by atoms with Gasteiger partial charge in [-0.1, -0.05) is 0 Å². The summed E-state index contributed by atoms with van der Waals surface area (Å²) in [5, 5.41) is 1.94. The summed E-state index contributed by atoms with van der Waals surface area (Å²) in [7, 11) is -2.63. The lowest BCUT2D eigenvalue weighted by Gasteiger charge is -2.19. The summed E-state index contributed by atoms with van der Waals surface area (Å²) in [6.07, 6.45) is 0. The monoisotopic (exact) mass is 526 g/mol. The molecule has 3 rings (SSSR count). The van der Waals surface area contributed by atoms with Gasteiger partial charge in [0.15, 0.2) is 30.7 Å². The Labute approximate surface area is 203 Å². The van der Waals surface area contributed by atoms with Crippen LogP contribution in [0.3, 0.4) is 0 Å². The van der Waals surface area contributed by atoms with E-state index in [1.165, 1.54) is 31.3 Å². The predicted octanol–water partition coefficient (Wildman–Crippen LogP) is 3.63. The van der Waals surface area contributed by atoms with Crippen molar-refractivity contribution in [2.24, 2.45) is 0 Å². The Morgan fingerprint density at radius 3 is 2.14 bits per heavy atom. The number of nitrogens with one attached hydrogen (secondary N) is 1. The fourth-order valence-corrected chi connectivity index (χ4v) is 3.99. The first kappa shape index (κ1) is 26.5. The van der Waals surface area contributed by atoms with Gasteiger partial charge < -0.3 is 14.8 Å². The molecule has 3 aromatic rings. The maximum Gasteiger partial charge on any atom is 0.344 e. The molecule has 13 heteroatoms. The molecule has 0 heterocycles. The zero-order valence-electron chi connectivity index (χ0n) is 18.5. The summed E-state index contributed by atoms with van der Waals surface area (Å²) in [6.45, 7) is -1.46. The van der Waals surface area contributed by atoms with Crippen molar-refractivity contribution >= 4 is 33.3 Å². The normalized spacial score (nSPS) is 11.0. The number of benzene rings is 3. The third-order valence-corrected chi connectivity index (χ3v) is 6.50. The minimum absolute atomic E-state index is 0.106. The molecule has 0 spiro atoms. The highest BCUT2D eigenvalue weighted by Gasteiger charge is 2.21. The Hall–Kier alpha value is -4.13. The van der Waals surface area contributed by atoms with Gasteiger partial charge in [-0.05, 0) is 60.7 Å². The third-order valence-electron chi connectivity index (χ3n) is 4.70. The van der Waals surface area contributed by atoms with E-state index in [0.29, 0.717) is 6.07 Å². The molecule has 0 fully saturated rings. The molecule has 0 aliphatic rings. The number of nitrogens with zero attached hydrogens (tertiary/aromatic N) is 1. The SMILES string of the molecule is CN(c1ccc(OCC(=O)OCC(=O)Nc2ccc(F)c(F)c2F)cc1)S(=O)(=O)c1ccc(F)cc1. The largest absolute Gasteiger partial charge is 0.482 e. The second-order valence-electron chi connectivity index (χ2n) is 7.14. The Balaban J connectivity index is 1.50. The molecule has 8 nitrogen and oxygen atoms in total. The number of ether oxygens (including phenoxy) is 2. The molecule has 0 bridgehead atoms. The van der Waals surface area contributed by atoms with Gasteiger partial charge in [0.05, 0.1) is 16.3 Å². The fourth-order valence-electron chi connectivity index (χ4n) is 2.79. The zero-order valence-corrected chi connectivity index (χ0v) is 19.3. The van der Waals surface area contributed by atoms with Gasteiger partial charge in [0.25, 0.3) is 15.9 Å². The smallest absolute Gasteiger partial charge is 0.344 e. The quantitative estimate of drug-likeness (QED) is 0.260. The average molecular weight is 526 g/mol. The second kappa shape index (κ2) is 11.1. The highest BCUT2D eigenvalue weighted by atomic mass is 32.2. The van der Waals surface area contributed by atoms with Crippen LogP contribution in [0.25, 0.3) is 0 Å². The van der Waals surface area contributed by atoms with Gasteiger partial charge in [-0.3, -0.25) is 9.10 Å². The first-order valence-corrected chi connectivity index (χ1v) is 11.5. The van der Waals surface area contributed by atoms with E-state index in [-0.39, 0.29) is 16.3 Å². The zero-order chi connectivity index (χ0) is 26.5. The second-order valence-corrected chi connectivity index (χ2v) is 9.11. The molecule has 3 aromatic carbocycles. The molecule has 0 saturated carbocycles. The molecule has 0 unspecified atom stereocenters. The minimum atomic E-state index is -3.94. The summed E-state index contributed by atoms with van der Waals surface area (Å²) in [5.74, 6) is -7.14. The number of halogens is 4. The van der Waals surface area contributed by atoms with Crippen molar-refractivity contribution in [3.8, 4) is 5.75 Å². The molecule has 0 aliphatic heterocycles. The van der Waals surface area contributed by atoms with Crippen molar-refractivity contribution in [1.82, 2.24) is 0 Å². The molecule has 36 heavy (non-hydrogen) atoms. The van der Waals surface area contributed by atoms with Gasteiger partial charge in [-0.15, -0.1) is 0 Å². The van der Waals surface area contributed by atoms with E-state index < -0.39 is 64.1 Å². The third kappa shape index (κ3) is 6.30. The number of hydrogen-bond acceptors (Lipinski definition) is 6. The van der Waals surface area contributed by atoms with Gasteiger partial charge >= 0.3 is 5.97 Å². The van der Waals surface area contributed by atoms with E-state index in [1.54, 1.807) is 0 Å². The van der Waals surface area contributed by atoms with E-state index in [2.05, 4.69) is 4.74 Å². The number of esters is 1. The van der Waals surface area contributed by atoms with Crippen LogP contribution in [0, 0.1) is 23.3 Å². The van der Waals surface area contributed by atoms with Crippen molar-refractivity contribution in [1.29, 1.82) is 0 Å². The maximum atomic E-state index is 13.6. The molecule has 1 N–H and O–H groups in total. The molecular formula is C23H18F4N2O6S. The van der Waals surface area contributed by atoms with Crippen LogP contribution >= 0.6 is 0 Å². The van der Waals surface area contributed by atoms with Crippen LogP contribution in [-0.4, -0.2) is 40.6 Å². The standard InChI is InChI=1S/C23H18F4N2O6S/c1-29(36(32,33)17-8-2-14(24)3-9-17)15-4-6-16(7-5-15)34-13-21(31)35-12-20(30)28-19-11-10-18(25)22(26)23(19)27/h2-11H,12-13H2,1H3,(H,28,30). The van der Waals surface area contributed by atoms with Gasteiger partial charge in [0.2, 0.25) is 0 Å². The highest BCUT2D eigenvalue weighted by Crippen LogP contribution is 2.24. The van der Waals surface area contributed by atoms with E-state index >= 15 is 0 Å². The Kier molecular flexibility index (Phi) is 8.14. The highest BCUT2D eigenvalue weighted by molar-refractivity contribution is 7.92. The number of anilines is 2. The summed E-state index contributed by atoms with van der Waals surface area (Å²) in [4.78, 5) is 23.5. The summed E-state index contributed by atoms with van der Waals surface area (Å²) in [6, 6.07) is 11.4. The van der Waals surface area contributed by atoms with E-state index in [4.69, 9.17) is 4.74 Å². The van der Waals surface area contributed by atoms with Gasteiger partial charge in [0, 0.05) is 7.05 Å². The lowest BCUT2D eigenvalue weighted by molar-refractivity contribution is -0.149. The van der Waals surface area contributed by atoms with E-state index in [1.807, 2.05) is 5.32 Å². The number of carbonyl (C=O) groups is 2. The summed E-state index contributed by atoms with van der Waals surface area (Å²) < 4.78 is 88.9. The number of amides is 1. The van der Waals surface area contributed by atoms with Crippen molar-refractivity contribution in [2.45, 2.75) is 4.90 Å². The van der Waals surface area contributed by atoms with Crippen molar-refractivity contribution in [2.75, 3.05) is 29.9 Å². The van der Waals surface area contributed by atoms with Crippen LogP contribution in [0.15, 0.2) is 65.6 Å². The molecule has 0 atom stereocenters. The van der Waals surface area contributed by atoms with Gasteiger partial charge in [0.1, 0.15) is 11.6 Å².